The second-order valence-electron chi connectivity index (χ2n) is 13.7. The molecule has 4 rings (SSSR count). The lowest BCUT2D eigenvalue weighted by Gasteiger charge is -2.59. The molecule has 0 radical (unpaired) electrons. The van der Waals surface area contributed by atoms with Gasteiger partial charge in [-0.1, -0.05) is 65.5 Å². The number of hydrogen-bond donors (Lipinski definition) is 2. The molecule has 4 aliphatic carbocycles. The molecule has 3 saturated carbocycles. The molecule has 3 nitrogen and oxygen atoms in total. The molecule has 3 heteroatoms. The zero-order valence-electron chi connectivity index (χ0n) is 22.3. The average Bonchev–Trinajstić information content (AvgIpc) is 3.10. The molecule has 188 valence electrons. The normalized spacial score (nSPS) is 44.5. The first-order valence-electron chi connectivity index (χ1n) is 14.1. The minimum atomic E-state index is -1.25. The Morgan fingerprint density at radius 2 is 1.79 bits per heavy atom. The zero-order chi connectivity index (χ0) is 24.2. The van der Waals surface area contributed by atoms with Crippen LogP contribution in [0.1, 0.15) is 112 Å². The molecule has 0 aromatic heterocycles. The van der Waals surface area contributed by atoms with E-state index < -0.39 is 11.6 Å². The highest BCUT2D eigenvalue weighted by Gasteiger charge is 2.60. The second kappa shape index (κ2) is 9.08. The lowest BCUT2D eigenvalue weighted by atomic mass is 9.46. The van der Waals surface area contributed by atoms with E-state index in [2.05, 4.69) is 40.7 Å². The Hall–Kier alpha value is -0.670. The highest BCUT2D eigenvalue weighted by molar-refractivity contribution is 5.91. The SMILES string of the molecule is CC(C)CCC[C@@H](C)[C@H]1CC[C@H]2[C@@H]3CC=C4C[C@](O)(C(=O)[C@H](C)N)CC[C@]4(C)[C@H]3CC[C@]12C. The van der Waals surface area contributed by atoms with Crippen molar-refractivity contribution in [1.29, 1.82) is 0 Å². The van der Waals surface area contributed by atoms with Gasteiger partial charge in [-0.05, 0) is 98.2 Å². The van der Waals surface area contributed by atoms with Crippen LogP contribution in [0.3, 0.4) is 0 Å². The Morgan fingerprint density at radius 1 is 1.06 bits per heavy atom. The summed E-state index contributed by atoms with van der Waals surface area (Å²) in [6.45, 7) is 14.1. The molecule has 0 aromatic rings. The van der Waals surface area contributed by atoms with Gasteiger partial charge in [-0.25, -0.2) is 0 Å². The number of carbonyl (C=O) groups excluding carboxylic acids is 1. The molecular formula is C30H51NO2. The van der Waals surface area contributed by atoms with Crippen LogP contribution >= 0.6 is 0 Å². The molecule has 4 aliphatic rings. The molecular weight excluding hydrogens is 406 g/mol. The highest BCUT2D eigenvalue weighted by atomic mass is 16.3. The Balaban J connectivity index is 1.50. The molecule has 0 amide bonds. The Morgan fingerprint density at radius 3 is 2.45 bits per heavy atom. The van der Waals surface area contributed by atoms with Gasteiger partial charge in [0.2, 0.25) is 0 Å². The number of allylic oxidation sites excluding steroid dienone is 1. The summed E-state index contributed by atoms with van der Waals surface area (Å²) in [4.78, 5) is 12.7. The number of ketones is 1. The summed E-state index contributed by atoms with van der Waals surface area (Å²) < 4.78 is 0. The molecule has 3 N–H and O–H groups in total. The van der Waals surface area contributed by atoms with E-state index >= 15 is 0 Å². The van der Waals surface area contributed by atoms with Crippen molar-refractivity contribution in [2.75, 3.05) is 0 Å². The third-order valence-electron chi connectivity index (χ3n) is 11.2. The number of fused-ring (bicyclic) bond motifs is 5. The first kappa shape index (κ1) is 25.4. The van der Waals surface area contributed by atoms with Crippen molar-refractivity contribution in [3.8, 4) is 0 Å². The van der Waals surface area contributed by atoms with Gasteiger partial charge in [0.05, 0.1) is 6.04 Å². The highest BCUT2D eigenvalue weighted by Crippen LogP contribution is 2.67. The van der Waals surface area contributed by atoms with Crippen LogP contribution in [-0.2, 0) is 4.79 Å². The minimum Gasteiger partial charge on any atom is -0.382 e. The average molecular weight is 458 g/mol. The Kier molecular flexibility index (Phi) is 7.00. The summed E-state index contributed by atoms with van der Waals surface area (Å²) >= 11 is 0. The van der Waals surface area contributed by atoms with E-state index in [0.717, 1.165) is 42.4 Å². The van der Waals surface area contributed by atoms with Crippen molar-refractivity contribution in [2.45, 2.75) is 124 Å². The van der Waals surface area contributed by atoms with E-state index in [1.807, 2.05) is 0 Å². The van der Waals surface area contributed by atoms with Gasteiger partial charge in [-0.3, -0.25) is 4.79 Å². The number of carbonyl (C=O) groups is 1. The van der Waals surface area contributed by atoms with Gasteiger partial charge in [-0.2, -0.15) is 0 Å². The molecule has 0 saturated heterocycles. The third-order valence-corrected chi connectivity index (χ3v) is 11.2. The van der Waals surface area contributed by atoms with Gasteiger partial charge < -0.3 is 10.8 Å². The van der Waals surface area contributed by atoms with E-state index in [1.54, 1.807) is 6.92 Å². The van der Waals surface area contributed by atoms with Gasteiger partial charge in [0.1, 0.15) is 5.60 Å². The van der Waals surface area contributed by atoms with Crippen LogP contribution in [0.5, 0.6) is 0 Å². The van der Waals surface area contributed by atoms with Crippen molar-refractivity contribution < 1.29 is 9.90 Å². The van der Waals surface area contributed by atoms with Gasteiger partial charge in [-0.15, -0.1) is 0 Å². The summed E-state index contributed by atoms with van der Waals surface area (Å²) in [6, 6.07) is -0.593. The van der Waals surface area contributed by atoms with Crippen molar-refractivity contribution in [3.63, 3.8) is 0 Å². The molecule has 0 bridgehead atoms. The van der Waals surface area contributed by atoms with Crippen LogP contribution in [0, 0.1) is 46.3 Å². The number of aliphatic hydroxyl groups is 1. The van der Waals surface area contributed by atoms with Crippen LogP contribution in [0.15, 0.2) is 11.6 Å². The molecule has 0 heterocycles. The summed E-state index contributed by atoms with van der Waals surface area (Å²) in [5.41, 5.74) is 6.64. The minimum absolute atomic E-state index is 0.148. The number of rotatable bonds is 7. The summed E-state index contributed by atoms with van der Waals surface area (Å²) in [6.07, 6.45) is 15.3. The molecule has 3 fully saturated rings. The quantitative estimate of drug-likeness (QED) is 0.419. The zero-order valence-corrected chi connectivity index (χ0v) is 22.3. The lowest BCUT2D eigenvalue weighted by Crippen LogP contribution is -2.56. The molecule has 0 aliphatic heterocycles. The van der Waals surface area contributed by atoms with E-state index in [9.17, 15) is 9.90 Å². The molecule has 9 atom stereocenters. The van der Waals surface area contributed by atoms with Crippen LogP contribution in [0.25, 0.3) is 0 Å². The molecule has 0 aromatic carbocycles. The topological polar surface area (TPSA) is 63.3 Å². The van der Waals surface area contributed by atoms with Crippen LogP contribution < -0.4 is 5.73 Å². The smallest absolute Gasteiger partial charge is 0.180 e. The number of nitrogens with two attached hydrogens (primary N) is 1. The van der Waals surface area contributed by atoms with E-state index in [1.165, 1.54) is 50.5 Å². The van der Waals surface area contributed by atoms with Crippen LogP contribution in [-0.4, -0.2) is 22.5 Å². The standard InChI is InChI=1S/C30H51NO2/c1-19(2)8-7-9-20(3)24-12-13-25-23-11-10-22-18-30(33,27(32)21(4)31)17-16-28(22,5)26(23)14-15-29(24,25)6/h10,19-21,23-26,33H,7-9,11-18,31H2,1-6H3/t20-,21+,23+,24-,25+,26+,28+,29-,30+/m1/s1. The van der Waals surface area contributed by atoms with Crippen molar-refractivity contribution in [2.24, 2.45) is 52.1 Å². The van der Waals surface area contributed by atoms with Crippen LogP contribution in [0.4, 0.5) is 0 Å². The van der Waals surface area contributed by atoms with E-state index in [-0.39, 0.29) is 11.2 Å². The molecule has 0 spiro atoms. The van der Waals surface area contributed by atoms with Crippen molar-refractivity contribution in [1.82, 2.24) is 0 Å². The summed E-state index contributed by atoms with van der Waals surface area (Å²) in [7, 11) is 0. The maximum Gasteiger partial charge on any atom is 0.180 e. The van der Waals surface area contributed by atoms with Gasteiger partial charge in [0, 0.05) is 6.42 Å². The van der Waals surface area contributed by atoms with E-state index in [0.29, 0.717) is 24.2 Å². The van der Waals surface area contributed by atoms with Gasteiger partial charge in [0.25, 0.3) is 0 Å². The van der Waals surface area contributed by atoms with Gasteiger partial charge >= 0.3 is 0 Å². The fraction of sp³-hybridized carbons (Fsp3) is 0.900. The maximum absolute atomic E-state index is 12.7. The van der Waals surface area contributed by atoms with Gasteiger partial charge in [0.15, 0.2) is 5.78 Å². The second-order valence-corrected chi connectivity index (χ2v) is 13.7. The number of hydrogen-bond acceptors (Lipinski definition) is 3. The maximum atomic E-state index is 12.7. The largest absolute Gasteiger partial charge is 0.382 e. The molecule has 0 unspecified atom stereocenters. The first-order chi connectivity index (χ1) is 15.4. The number of Topliss-reactive ketones (excluding diaryl/α,β-unsaturated/α-hetero) is 1. The van der Waals surface area contributed by atoms with Crippen LogP contribution in [0.2, 0.25) is 0 Å². The first-order valence-corrected chi connectivity index (χ1v) is 14.1. The van der Waals surface area contributed by atoms with E-state index in [4.69, 9.17) is 5.73 Å². The van der Waals surface area contributed by atoms with Crippen molar-refractivity contribution >= 4 is 5.78 Å². The summed E-state index contributed by atoms with van der Waals surface area (Å²) in [5, 5.41) is 11.2. The fourth-order valence-corrected chi connectivity index (χ4v) is 9.31. The summed E-state index contributed by atoms with van der Waals surface area (Å²) in [5.74, 6) is 4.70. The Labute approximate surface area is 203 Å². The fourth-order valence-electron chi connectivity index (χ4n) is 9.31. The van der Waals surface area contributed by atoms with Crippen molar-refractivity contribution in [3.05, 3.63) is 11.6 Å². The monoisotopic (exact) mass is 457 g/mol. The lowest BCUT2D eigenvalue weighted by molar-refractivity contribution is -0.144. The third kappa shape index (κ3) is 4.28. The Bertz CT molecular complexity index is 771. The molecule has 33 heavy (non-hydrogen) atoms. The predicted molar refractivity (Wildman–Crippen MR) is 137 cm³/mol. The predicted octanol–water partition coefficient (Wildman–Crippen LogP) is 6.68.